The van der Waals surface area contributed by atoms with Crippen LogP contribution in [0.5, 0.6) is 0 Å². The van der Waals surface area contributed by atoms with Crippen LogP contribution >= 0.6 is 12.4 Å². The third kappa shape index (κ3) is 1.65. The standard InChI is InChI=1S/C9H11N3.ClH/c10-9(11)7-4-5-12-8-3-1-2-6(7)8;/h4-5H,1-3H2,(H3,10,11);1H. The van der Waals surface area contributed by atoms with E-state index in [9.17, 15) is 0 Å². The number of hydrogen-bond acceptors (Lipinski definition) is 2. The molecule has 0 saturated heterocycles. The van der Waals surface area contributed by atoms with E-state index in [0.717, 1.165) is 30.5 Å². The lowest BCUT2D eigenvalue weighted by Gasteiger charge is -2.04. The molecule has 0 saturated carbocycles. The van der Waals surface area contributed by atoms with E-state index in [1.807, 2.05) is 6.07 Å². The first kappa shape index (κ1) is 9.99. The van der Waals surface area contributed by atoms with Crippen LogP contribution in [0.25, 0.3) is 0 Å². The Morgan fingerprint density at radius 1 is 1.46 bits per heavy atom. The molecule has 1 aliphatic rings. The number of nitrogens with zero attached hydrogens (tertiary/aromatic N) is 1. The maximum atomic E-state index is 7.35. The third-order valence-electron chi connectivity index (χ3n) is 2.28. The number of halogens is 1. The Kier molecular flexibility index (Phi) is 2.88. The molecule has 0 fully saturated rings. The van der Waals surface area contributed by atoms with Crippen molar-refractivity contribution < 1.29 is 0 Å². The number of amidine groups is 1. The number of hydrogen-bond donors (Lipinski definition) is 2. The average Bonchev–Trinajstić information content (AvgIpc) is 2.49. The number of rotatable bonds is 1. The van der Waals surface area contributed by atoms with Gasteiger partial charge < -0.3 is 5.73 Å². The Morgan fingerprint density at radius 2 is 2.23 bits per heavy atom. The zero-order valence-electron chi connectivity index (χ0n) is 7.21. The van der Waals surface area contributed by atoms with E-state index in [1.165, 1.54) is 5.56 Å². The van der Waals surface area contributed by atoms with Gasteiger partial charge in [-0.2, -0.15) is 0 Å². The zero-order chi connectivity index (χ0) is 8.55. The molecule has 4 heteroatoms. The van der Waals surface area contributed by atoms with E-state index >= 15 is 0 Å². The van der Waals surface area contributed by atoms with Gasteiger partial charge in [-0.15, -0.1) is 12.4 Å². The van der Waals surface area contributed by atoms with Gasteiger partial charge >= 0.3 is 0 Å². The van der Waals surface area contributed by atoms with Crippen molar-refractivity contribution in [2.24, 2.45) is 5.73 Å². The fraction of sp³-hybridized carbons (Fsp3) is 0.333. The van der Waals surface area contributed by atoms with Gasteiger partial charge in [-0.05, 0) is 30.9 Å². The van der Waals surface area contributed by atoms with Gasteiger partial charge in [-0.25, -0.2) is 0 Å². The van der Waals surface area contributed by atoms with Gasteiger partial charge in [-0.1, -0.05) is 0 Å². The van der Waals surface area contributed by atoms with Gasteiger partial charge in [0.25, 0.3) is 0 Å². The second-order valence-electron chi connectivity index (χ2n) is 3.05. The van der Waals surface area contributed by atoms with Crippen LogP contribution in [-0.4, -0.2) is 10.8 Å². The maximum absolute atomic E-state index is 7.35. The summed E-state index contributed by atoms with van der Waals surface area (Å²) in [4.78, 5) is 4.25. The van der Waals surface area contributed by atoms with Crippen molar-refractivity contribution in [1.29, 1.82) is 5.41 Å². The average molecular weight is 198 g/mol. The molecule has 0 unspecified atom stereocenters. The molecule has 0 aromatic carbocycles. The molecular formula is C9H12ClN3. The summed E-state index contributed by atoms with van der Waals surface area (Å²) >= 11 is 0. The molecule has 0 aliphatic heterocycles. The van der Waals surface area contributed by atoms with Gasteiger partial charge in [0, 0.05) is 17.5 Å². The summed E-state index contributed by atoms with van der Waals surface area (Å²) in [6.07, 6.45) is 4.95. The molecule has 13 heavy (non-hydrogen) atoms. The SMILES string of the molecule is Cl.N=C(N)c1ccnc2c1CCC2. The third-order valence-corrected chi connectivity index (χ3v) is 2.28. The number of nitrogens with one attached hydrogen (secondary N) is 1. The molecule has 2 rings (SSSR count). The highest BCUT2D eigenvalue weighted by atomic mass is 35.5. The summed E-state index contributed by atoms with van der Waals surface area (Å²) in [5, 5.41) is 7.35. The van der Waals surface area contributed by atoms with Crippen LogP contribution in [-0.2, 0) is 12.8 Å². The van der Waals surface area contributed by atoms with E-state index in [2.05, 4.69) is 4.98 Å². The van der Waals surface area contributed by atoms with Gasteiger partial charge in [0.05, 0.1) is 0 Å². The topological polar surface area (TPSA) is 62.8 Å². The number of aryl methyl sites for hydroxylation is 1. The monoisotopic (exact) mass is 197 g/mol. The summed E-state index contributed by atoms with van der Waals surface area (Å²) in [5.41, 5.74) is 8.63. The van der Waals surface area contributed by atoms with Gasteiger partial charge in [0.2, 0.25) is 0 Å². The molecule has 3 nitrogen and oxygen atoms in total. The maximum Gasteiger partial charge on any atom is 0.123 e. The minimum Gasteiger partial charge on any atom is -0.384 e. The summed E-state index contributed by atoms with van der Waals surface area (Å²) < 4.78 is 0. The Morgan fingerprint density at radius 3 is 2.92 bits per heavy atom. The number of nitrogen functional groups attached to an aromatic ring is 1. The van der Waals surface area contributed by atoms with E-state index < -0.39 is 0 Å². The van der Waals surface area contributed by atoms with Crippen molar-refractivity contribution in [2.45, 2.75) is 19.3 Å². The van der Waals surface area contributed by atoms with Crippen LogP contribution in [0.15, 0.2) is 12.3 Å². The van der Waals surface area contributed by atoms with E-state index in [0.29, 0.717) is 0 Å². The molecule has 0 spiro atoms. The highest BCUT2D eigenvalue weighted by molar-refractivity contribution is 5.96. The molecule has 0 atom stereocenters. The Hall–Kier alpha value is -1.09. The van der Waals surface area contributed by atoms with Gasteiger partial charge in [0.1, 0.15) is 5.84 Å². The number of nitrogens with two attached hydrogens (primary N) is 1. The van der Waals surface area contributed by atoms with Gasteiger partial charge in [-0.3, -0.25) is 10.4 Å². The quantitative estimate of drug-likeness (QED) is 0.526. The summed E-state index contributed by atoms with van der Waals surface area (Å²) in [6, 6.07) is 1.83. The van der Waals surface area contributed by atoms with Crippen molar-refractivity contribution in [3.8, 4) is 0 Å². The van der Waals surface area contributed by atoms with Gasteiger partial charge in [0.15, 0.2) is 0 Å². The Balaban J connectivity index is 0.000000845. The molecule has 0 amide bonds. The van der Waals surface area contributed by atoms with Crippen LogP contribution in [0.2, 0.25) is 0 Å². The highest BCUT2D eigenvalue weighted by Crippen LogP contribution is 2.22. The lowest BCUT2D eigenvalue weighted by Crippen LogP contribution is -2.14. The van der Waals surface area contributed by atoms with Crippen molar-refractivity contribution in [3.63, 3.8) is 0 Å². The minimum absolute atomic E-state index is 0. The zero-order valence-corrected chi connectivity index (χ0v) is 8.03. The first-order chi connectivity index (χ1) is 5.79. The first-order valence-electron chi connectivity index (χ1n) is 4.10. The smallest absolute Gasteiger partial charge is 0.123 e. The minimum atomic E-state index is 0. The van der Waals surface area contributed by atoms with Crippen molar-refractivity contribution in [3.05, 3.63) is 29.1 Å². The number of fused-ring (bicyclic) bond motifs is 1. The van der Waals surface area contributed by atoms with Crippen molar-refractivity contribution >= 4 is 18.2 Å². The largest absolute Gasteiger partial charge is 0.384 e. The lowest BCUT2D eigenvalue weighted by molar-refractivity contribution is 0.899. The Labute approximate surface area is 83.3 Å². The van der Waals surface area contributed by atoms with Crippen molar-refractivity contribution in [1.82, 2.24) is 4.98 Å². The van der Waals surface area contributed by atoms with Crippen molar-refractivity contribution in [2.75, 3.05) is 0 Å². The molecule has 1 aromatic heterocycles. The predicted octanol–water partition coefficient (Wildman–Crippen LogP) is 1.28. The summed E-state index contributed by atoms with van der Waals surface area (Å²) in [5.74, 6) is 0.163. The lowest BCUT2D eigenvalue weighted by atomic mass is 10.1. The van der Waals surface area contributed by atoms with Crippen LogP contribution in [0.3, 0.4) is 0 Å². The molecule has 3 N–H and O–H groups in total. The number of aromatic nitrogens is 1. The van der Waals surface area contributed by atoms with E-state index in [1.54, 1.807) is 6.20 Å². The number of pyridine rings is 1. The van der Waals surface area contributed by atoms with Crippen LogP contribution in [0.4, 0.5) is 0 Å². The molecule has 1 heterocycles. The normalized spacial score (nSPS) is 13.2. The second-order valence-corrected chi connectivity index (χ2v) is 3.05. The fourth-order valence-electron chi connectivity index (χ4n) is 1.72. The molecule has 1 aliphatic carbocycles. The van der Waals surface area contributed by atoms with E-state index in [-0.39, 0.29) is 18.2 Å². The summed E-state index contributed by atoms with van der Waals surface area (Å²) in [6.45, 7) is 0. The Bertz CT molecular complexity index is 336. The summed E-state index contributed by atoms with van der Waals surface area (Å²) in [7, 11) is 0. The molecule has 1 aromatic rings. The van der Waals surface area contributed by atoms with Crippen LogP contribution in [0.1, 0.15) is 23.2 Å². The highest BCUT2D eigenvalue weighted by Gasteiger charge is 2.16. The molecule has 0 bridgehead atoms. The predicted molar refractivity (Wildman–Crippen MR) is 54.5 cm³/mol. The van der Waals surface area contributed by atoms with Crippen LogP contribution in [0, 0.1) is 5.41 Å². The fourth-order valence-corrected chi connectivity index (χ4v) is 1.72. The van der Waals surface area contributed by atoms with Crippen LogP contribution < -0.4 is 5.73 Å². The molecule has 70 valence electrons. The molecular weight excluding hydrogens is 186 g/mol. The second kappa shape index (κ2) is 3.75. The first-order valence-corrected chi connectivity index (χ1v) is 4.10. The van der Waals surface area contributed by atoms with E-state index in [4.69, 9.17) is 11.1 Å². The molecule has 0 radical (unpaired) electrons.